The number of phenols is 1. The van der Waals surface area contributed by atoms with E-state index in [1.807, 2.05) is 0 Å². The van der Waals surface area contributed by atoms with Crippen LogP contribution in [0.15, 0.2) is 6.07 Å². The van der Waals surface area contributed by atoms with Crippen LogP contribution in [0.25, 0.3) is 0 Å². The van der Waals surface area contributed by atoms with Crippen molar-refractivity contribution in [3.8, 4) is 5.75 Å². The summed E-state index contributed by atoms with van der Waals surface area (Å²) in [5, 5.41) is 12.2. The van der Waals surface area contributed by atoms with E-state index in [0.29, 0.717) is 5.75 Å². The lowest BCUT2D eigenvalue weighted by molar-refractivity contribution is 0.428. The van der Waals surface area contributed by atoms with Crippen LogP contribution >= 0.6 is 0 Å². The molecule has 0 saturated carbocycles. The third-order valence-electron chi connectivity index (χ3n) is 8.31. The molecule has 1 N–H and O–H groups in total. The van der Waals surface area contributed by atoms with Crippen LogP contribution in [0.5, 0.6) is 5.75 Å². The number of phenolic OH excluding ortho intramolecular Hbond substituents is 1. The highest BCUT2D eigenvalue weighted by Crippen LogP contribution is 2.64. The van der Waals surface area contributed by atoms with E-state index in [1.165, 1.54) is 22.7 Å². The van der Waals surface area contributed by atoms with Gasteiger partial charge in [0.05, 0.1) is 8.07 Å². The summed E-state index contributed by atoms with van der Waals surface area (Å²) in [5.41, 5.74) is 5.14. The molecule has 34 heavy (non-hydrogen) atoms. The lowest BCUT2D eigenvalue weighted by Gasteiger charge is -2.60. The number of hydrogen-bond donors (Lipinski definition) is 1. The molecule has 198 valence electrons. The van der Waals surface area contributed by atoms with E-state index in [1.54, 1.807) is 0 Å². The molecular formula is C32H60OSi. The predicted octanol–water partition coefficient (Wildman–Crippen LogP) is 10.7. The van der Waals surface area contributed by atoms with E-state index in [9.17, 15) is 5.11 Å². The van der Waals surface area contributed by atoms with Gasteiger partial charge >= 0.3 is 0 Å². The van der Waals surface area contributed by atoms with Gasteiger partial charge < -0.3 is 5.11 Å². The van der Waals surface area contributed by atoms with Gasteiger partial charge in [-0.3, -0.25) is 0 Å². The first-order valence-corrected chi connectivity index (χ1v) is 15.7. The summed E-state index contributed by atoms with van der Waals surface area (Å²) in [5.74, 6) is 0.470. The second-order valence-corrected chi connectivity index (χ2v) is 23.9. The summed E-state index contributed by atoms with van der Waals surface area (Å²) in [6, 6.07) is 3.36. The Morgan fingerprint density at radius 1 is 0.559 bits per heavy atom. The van der Waals surface area contributed by atoms with Crippen LogP contribution in [0, 0.1) is 0 Å². The average molecular weight is 489 g/mol. The van der Waals surface area contributed by atoms with E-state index in [-0.39, 0.29) is 31.4 Å². The van der Waals surface area contributed by atoms with Gasteiger partial charge in [0.2, 0.25) is 0 Å². The van der Waals surface area contributed by atoms with E-state index in [4.69, 9.17) is 0 Å². The van der Waals surface area contributed by atoms with Crippen molar-refractivity contribution in [1.82, 2.24) is 0 Å². The molecule has 0 saturated heterocycles. The molecule has 0 atom stereocenters. The third-order valence-corrected chi connectivity index (χ3v) is 17.0. The maximum absolute atomic E-state index is 11.4. The zero-order valence-corrected chi connectivity index (χ0v) is 27.4. The van der Waals surface area contributed by atoms with Crippen LogP contribution in [0.3, 0.4) is 0 Å². The fraction of sp³-hybridized carbons (Fsp3) is 0.812. The fourth-order valence-electron chi connectivity index (χ4n) is 8.04. The molecule has 1 nitrogen and oxygen atoms in total. The predicted molar refractivity (Wildman–Crippen MR) is 158 cm³/mol. The van der Waals surface area contributed by atoms with Gasteiger partial charge in [0.25, 0.3) is 0 Å². The van der Waals surface area contributed by atoms with Gasteiger partial charge in [-0.2, -0.15) is 0 Å². The van der Waals surface area contributed by atoms with Crippen LogP contribution in [-0.4, -0.2) is 13.2 Å². The summed E-state index contributed by atoms with van der Waals surface area (Å²) in [7, 11) is -1.89. The topological polar surface area (TPSA) is 20.2 Å². The normalized spacial score (nSPS) is 15.1. The lowest BCUT2D eigenvalue weighted by atomic mass is 9.68. The van der Waals surface area contributed by atoms with Crippen LogP contribution in [0.1, 0.15) is 147 Å². The highest BCUT2D eigenvalue weighted by molar-refractivity contribution is 6.87. The molecule has 0 radical (unpaired) electrons. The molecule has 0 bridgehead atoms. The second kappa shape index (κ2) is 8.96. The molecular weight excluding hydrogens is 428 g/mol. The van der Waals surface area contributed by atoms with Crippen molar-refractivity contribution in [1.29, 1.82) is 0 Å². The molecule has 1 aromatic carbocycles. The quantitative estimate of drug-likeness (QED) is 0.419. The van der Waals surface area contributed by atoms with Crippen LogP contribution in [-0.2, 0) is 22.7 Å². The fourth-order valence-corrected chi connectivity index (χ4v) is 17.7. The van der Waals surface area contributed by atoms with Gasteiger partial charge in [0, 0.05) is 5.56 Å². The zero-order chi connectivity index (χ0) is 27.5. The Hall–Kier alpha value is -0.763. The summed E-state index contributed by atoms with van der Waals surface area (Å²) >= 11 is 0. The SMILES string of the molecule is CC(C)(C)c1cc(O)c(C(C)(C)C)c(C(C)(C)C)c1CC[Si](C(C)(C)C)(C(C)(C)C)C(C)(C)C. The minimum absolute atomic E-state index is 0.0291. The largest absolute Gasteiger partial charge is 0.508 e. The Morgan fingerprint density at radius 3 is 1.18 bits per heavy atom. The Balaban J connectivity index is 4.13. The monoisotopic (exact) mass is 488 g/mol. The molecule has 0 fully saturated rings. The smallest absolute Gasteiger partial charge is 0.119 e. The molecule has 0 unspecified atom stereocenters. The molecule has 0 aliphatic heterocycles. The number of hydrogen-bond acceptors (Lipinski definition) is 1. The average Bonchev–Trinajstić information content (AvgIpc) is 2.48. The first-order chi connectivity index (χ1) is 14.6. The summed E-state index contributed by atoms with van der Waals surface area (Å²) in [6.45, 7) is 43.2. The highest BCUT2D eigenvalue weighted by Gasteiger charge is 2.58. The Labute approximate surface area is 215 Å². The maximum Gasteiger partial charge on any atom is 0.119 e. The van der Waals surface area contributed by atoms with Crippen LogP contribution < -0.4 is 0 Å². The van der Waals surface area contributed by atoms with Crippen molar-refractivity contribution in [3.05, 3.63) is 28.3 Å². The third kappa shape index (κ3) is 5.79. The first kappa shape index (κ1) is 31.3. The number of rotatable bonds is 3. The van der Waals surface area contributed by atoms with Gasteiger partial charge in [-0.05, 0) is 60.5 Å². The van der Waals surface area contributed by atoms with Crippen molar-refractivity contribution in [3.63, 3.8) is 0 Å². The van der Waals surface area contributed by atoms with Crippen molar-refractivity contribution < 1.29 is 5.11 Å². The molecule has 0 spiro atoms. The van der Waals surface area contributed by atoms with Crippen molar-refractivity contribution in [2.75, 3.05) is 0 Å². The van der Waals surface area contributed by atoms with Gasteiger partial charge in [-0.25, -0.2) is 0 Å². The van der Waals surface area contributed by atoms with Gasteiger partial charge in [0.15, 0.2) is 0 Å². The molecule has 0 amide bonds. The summed E-state index contributed by atoms with van der Waals surface area (Å²) in [4.78, 5) is 0. The Kier molecular flexibility index (Phi) is 8.24. The minimum Gasteiger partial charge on any atom is -0.508 e. The lowest BCUT2D eigenvalue weighted by Crippen LogP contribution is -2.58. The van der Waals surface area contributed by atoms with E-state index < -0.39 is 8.07 Å². The van der Waals surface area contributed by atoms with Crippen molar-refractivity contribution >= 4 is 8.07 Å². The van der Waals surface area contributed by atoms with Gasteiger partial charge in [-0.1, -0.05) is 131 Å². The van der Waals surface area contributed by atoms with Crippen molar-refractivity contribution in [2.45, 2.75) is 168 Å². The molecule has 1 rings (SSSR count). The van der Waals surface area contributed by atoms with Gasteiger partial charge in [0.1, 0.15) is 5.75 Å². The first-order valence-electron chi connectivity index (χ1n) is 13.5. The molecule has 0 aliphatic rings. The van der Waals surface area contributed by atoms with Crippen LogP contribution in [0.4, 0.5) is 0 Å². The highest BCUT2D eigenvalue weighted by atomic mass is 28.3. The number of aromatic hydroxyl groups is 1. The summed E-state index contributed by atoms with van der Waals surface area (Å²) in [6.07, 6.45) is 1.08. The molecule has 0 aliphatic carbocycles. The van der Waals surface area contributed by atoms with E-state index >= 15 is 0 Å². The zero-order valence-electron chi connectivity index (χ0n) is 26.4. The molecule has 2 heteroatoms. The summed E-state index contributed by atoms with van der Waals surface area (Å²) < 4.78 is 0. The Morgan fingerprint density at radius 2 is 0.912 bits per heavy atom. The second-order valence-electron chi connectivity index (χ2n) is 17.1. The van der Waals surface area contributed by atoms with Crippen LogP contribution in [0.2, 0.25) is 21.2 Å². The standard InChI is InChI=1S/C32H60OSi/c1-27(2,3)23-21-24(33)26(29(7,8)9)25(28(4,5)6)22(23)19-20-34(30(10,11)12,31(13,14)15)32(16,17)18/h21,33H,19-20H2,1-18H3. The van der Waals surface area contributed by atoms with E-state index in [0.717, 1.165) is 12.0 Å². The molecule has 1 aromatic rings. The molecule has 0 heterocycles. The van der Waals surface area contributed by atoms with E-state index in [2.05, 4.69) is 131 Å². The molecule has 0 aromatic heterocycles. The van der Waals surface area contributed by atoms with Gasteiger partial charge in [-0.15, -0.1) is 0 Å². The van der Waals surface area contributed by atoms with Crippen molar-refractivity contribution in [2.24, 2.45) is 0 Å². The number of benzene rings is 1. The Bertz CT molecular complexity index is 827. The maximum atomic E-state index is 11.4. The minimum atomic E-state index is -1.89.